The zero-order valence-electron chi connectivity index (χ0n) is 10.4. The zero-order valence-corrected chi connectivity index (χ0v) is 10.4. The monoisotopic (exact) mass is 250 g/mol. The Bertz CT molecular complexity index is 496. The summed E-state index contributed by atoms with van der Waals surface area (Å²) in [5, 5.41) is 0. The molecular formula is C14H15FO3. The number of hydrogen-bond donors (Lipinski definition) is 0. The maximum absolute atomic E-state index is 13.6. The minimum atomic E-state index is -0.519. The van der Waals surface area contributed by atoms with Crippen LogP contribution in [0.1, 0.15) is 42.1 Å². The normalized spacial score (nSPS) is 21.5. The highest BCUT2D eigenvalue weighted by molar-refractivity contribution is 5.94. The third-order valence-electron chi connectivity index (χ3n) is 3.18. The van der Waals surface area contributed by atoms with Crippen molar-refractivity contribution >= 4 is 11.8 Å². The molecule has 0 spiro atoms. The highest BCUT2D eigenvalue weighted by Crippen LogP contribution is 2.48. The van der Waals surface area contributed by atoms with Crippen LogP contribution in [-0.4, -0.2) is 18.4 Å². The molecule has 0 saturated heterocycles. The zero-order chi connectivity index (χ0) is 13.3. The Hall–Kier alpha value is -1.71. The fourth-order valence-corrected chi connectivity index (χ4v) is 2.12. The summed E-state index contributed by atoms with van der Waals surface area (Å²) in [6.45, 7) is 3.45. The summed E-state index contributed by atoms with van der Waals surface area (Å²) in [5.41, 5.74) is 0.850. The summed E-state index contributed by atoms with van der Waals surface area (Å²) >= 11 is 0. The van der Waals surface area contributed by atoms with E-state index in [2.05, 4.69) is 0 Å². The summed E-state index contributed by atoms with van der Waals surface area (Å²) in [4.78, 5) is 22.6. The molecule has 0 amide bonds. The number of hydrogen-bond acceptors (Lipinski definition) is 3. The van der Waals surface area contributed by atoms with E-state index in [1.807, 2.05) is 0 Å². The summed E-state index contributed by atoms with van der Waals surface area (Å²) < 4.78 is 18.6. The summed E-state index contributed by atoms with van der Waals surface area (Å²) in [5.74, 6) is -1.17. The molecular weight excluding hydrogens is 235 g/mol. The maximum atomic E-state index is 13.6. The standard InChI is InChI=1S/C14H15FO3/c1-3-18-14(17)12-7-11(12)9-4-5-10(8(2)16)13(15)6-9/h4-6,11-12H,3,7H2,1-2H3/t11-,12+/m1/s1. The molecule has 0 heterocycles. The molecule has 0 aromatic heterocycles. The van der Waals surface area contributed by atoms with Crippen molar-refractivity contribution in [2.75, 3.05) is 6.61 Å². The van der Waals surface area contributed by atoms with E-state index in [0.717, 1.165) is 5.56 Å². The fraction of sp³-hybridized carbons (Fsp3) is 0.429. The maximum Gasteiger partial charge on any atom is 0.309 e. The lowest BCUT2D eigenvalue weighted by Gasteiger charge is -2.04. The van der Waals surface area contributed by atoms with Crippen molar-refractivity contribution in [3.8, 4) is 0 Å². The number of halogens is 1. The van der Waals surface area contributed by atoms with Gasteiger partial charge in [0.15, 0.2) is 5.78 Å². The largest absolute Gasteiger partial charge is 0.466 e. The van der Waals surface area contributed by atoms with Gasteiger partial charge in [-0.1, -0.05) is 6.07 Å². The van der Waals surface area contributed by atoms with Crippen LogP contribution in [0.3, 0.4) is 0 Å². The minimum absolute atomic E-state index is 0.0274. The van der Waals surface area contributed by atoms with Crippen LogP contribution in [0.25, 0.3) is 0 Å². The number of benzene rings is 1. The number of Topliss-reactive ketones (excluding diaryl/α,β-unsaturated/α-hetero) is 1. The average molecular weight is 250 g/mol. The van der Waals surface area contributed by atoms with Gasteiger partial charge in [0.1, 0.15) is 5.82 Å². The Morgan fingerprint density at radius 1 is 1.44 bits per heavy atom. The molecule has 2 rings (SSSR count). The van der Waals surface area contributed by atoms with Gasteiger partial charge in [-0.05, 0) is 43.9 Å². The molecule has 0 bridgehead atoms. The van der Waals surface area contributed by atoms with Crippen molar-refractivity contribution in [1.82, 2.24) is 0 Å². The van der Waals surface area contributed by atoms with Gasteiger partial charge >= 0.3 is 5.97 Å². The van der Waals surface area contributed by atoms with Crippen molar-refractivity contribution < 1.29 is 18.7 Å². The molecule has 0 aliphatic heterocycles. The van der Waals surface area contributed by atoms with Crippen molar-refractivity contribution in [2.24, 2.45) is 5.92 Å². The Kier molecular flexibility index (Phi) is 3.45. The van der Waals surface area contributed by atoms with E-state index in [1.54, 1.807) is 13.0 Å². The van der Waals surface area contributed by atoms with Gasteiger partial charge in [0, 0.05) is 0 Å². The van der Waals surface area contributed by atoms with Crippen LogP contribution >= 0.6 is 0 Å². The van der Waals surface area contributed by atoms with E-state index in [0.29, 0.717) is 13.0 Å². The van der Waals surface area contributed by atoms with E-state index in [1.165, 1.54) is 19.1 Å². The summed E-state index contributed by atoms with van der Waals surface area (Å²) in [7, 11) is 0. The van der Waals surface area contributed by atoms with Gasteiger partial charge in [0.25, 0.3) is 0 Å². The molecule has 2 atom stereocenters. The van der Waals surface area contributed by atoms with E-state index in [-0.39, 0.29) is 29.2 Å². The first-order valence-electron chi connectivity index (χ1n) is 6.01. The van der Waals surface area contributed by atoms with Crippen LogP contribution in [0.15, 0.2) is 18.2 Å². The Labute approximate surface area is 105 Å². The smallest absolute Gasteiger partial charge is 0.309 e. The number of ether oxygens (including phenoxy) is 1. The van der Waals surface area contributed by atoms with E-state index < -0.39 is 5.82 Å². The molecule has 1 aliphatic rings. The van der Waals surface area contributed by atoms with Gasteiger partial charge in [-0.3, -0.25) is 9.59 Å². The molecule has 1 aromatic rings. The van der Waals surface area contributed by atoms with Gasteiger partial charge in [0.05, 0.1) is 18.1 Å². The summed E-state index contributed by atoms with van der Waals surface area (Å²) in [6.07, 6.45) is 0.692. The van der Waals surface area contributed by atoms with Crippen molar-refractivity contribution in [1.29, 1.82) is 0 Å². The highest BCUT2D eigenvalue weighted by Gasteiger charge is 2.45. The van der Waals surface area contributed by atoms with Crippen LogP contribution in [0, 0.1) is 11.7 Å². The second-order valence-electron chi connectivity index (χ2n) is 4.50. The molecule has 18 heavy (non-hydrogen) atoms. The Morgan fingerprint density at radius 2 is 2.17 bits per heavy atom. The lowest BCUT2D eigenvalue weighted by Crippen LogP contribution is -2.07. The number of esters is 1. The van der Waals surface area contributed by atoms with Crippen molar-refractivity contribution in [3.05, 3.63) is 35.1 Å². The Balaban J connectivity index is 2.11. The average Bonchev–Trinajstić information content (AvgIpc) is 3.08. The first-order chi connectivity index (χ1) is 8.54. The molecule has 96 valence electrons. The van der Waals surface area contributed by atoms with Gasteiger partial charge in [-0.25, -0.2) is 4.39 Å². The van der Waals surface area contributed by atoms with Gasteiger partial charge in [-0.15, -0.1) is 0 Å². The quantitative estimate of drug-likeness (QED) is 0.609. The lowest BCUT2D eigenvalue weighted by atomic mass is 10.0. The SMILES string of the molecule is CCOC(=O)[C@H]1C[C@@H]1c1ccc(C(C)=O)c(F)c1. The first-order valence-corrected chi connectivity index (χ1v) is 6.01. The van der Waals surface area contributed by atoms with Crippen LogP contribution in [-0.2, 0) is 9.53 Å². The number of carbonyl (C=O) groups excluding carboxylic acids is 2. The van der Waals surface area contributed by atoms with Crippen molar-refractivity contribution in [2.45, 2.75) is 26.2 Å². The van der Waals surface area contributed by atoms with Gasteiger partial charge in [-0.2, -0.15) is 0 Å². The number of rotatable bonds is 4. The number of carbonyl (C=O) groups is 2. The van der Waals surface area contributed by atoms with Crippen molar-refractivity contribution in [3.63, 3.8) is 0 Å². The van der Waals surface area contributed by atoms with Crippen LogP contribution in [0.5, 0.6) is 0 Å². The molecule has 0 N–H and O–H groups in total. The first kappa shape index (κ1) is 12.7. The molecule has 1 aliphatic carbocycles. The topological polar surface area (TPSA) is 43.4 Å². The van der Waals surface area contributed by atoms with Crippen LogP contribution in [0.4, 0.5) is 4.39 Å². The molecule has 1 aromatic carbocycles. The molecule has 0 radical (unpaired) electrons. The second-order valence-corrected chi connectivity index (χ2v) is 4.50. The van der Waals surface area contributed by atoms with E-state index >= 15 is 0 Å². The second kappa shape index (κ2) is 4.88. The van der Waals surface area contributed by atoms with Gasteiger partial charge < -0.3 is 4.74 Å². The molecule has 4 heteroatoms. The Morgan fingerprint density at radius 3 is 2.72 bits per heavy atom. The molecule has 3 nitrogen and oxygen atoms in total. The third kappa shape index (κ3) is 2.42. The van der Waals surface area contributed by atoms with E-state index in [9.17, 15) is 14.0 Å². The highest BCUT2D eigenvalue weighted by atomic mass is 19.1. The summed E-state index contributed by atoms with van der Waals surface area (Å²) in [6, 6.07) is 4.54. The molecule has 1 saturated carbocycles. The van der Waals surface area contributed by atoms with Crippen LogP contribution in [0.2, 0.25) is 0 Å². The van der Waals surface area contributed by atoms with E-state index in [4.69, 9.17) is 4.74 Å². The van der Waals surface area contributed by atoms with Crippen LogP contribution < -0.4 is 0 Å². The van der Waals surface area contributed by atoms with Gasteiger partial charge in [0.2, 0.25) is 0 Å². The lowest BCUT2D eigenvalue weighted by molar-refractivity contribution is -0.144. The number of ketones is 1. The molecule has 1 fully saturated rings. The predicted molar refractivity (Wildman–Crippen MR) is 63.9 cm³/mol. The minimum Gasteiger partial charge on any atom is -0.466 e. The predicted octanol–water partition coefficient (Wildman–Crippen LogP) is 2.69. The fourth-order valence-electron chi connectivity index (χ4n) is 2.12. The molecule has 0 unspecified atom stereocenters. The third-order valence-corrected chi connectivity index (χ3v) is 3.18.